The van der Waals surface area contributed by atoms with Gasteiger partial charge in [-0.15, -0.1) is 0 Å². The van der Waals surface area contributed by atoms with Gasteiger partial charge in [-0.1, -0.05) is 19.3 Å². The van der Waals surface area contributed by atoms with E-state index in [4.69, 9.17) is 0 Å². The lowest BCUT2D eigenvalue weighted by Crippen LogP contribution is -2.46. The Morgan fingerprint density at radius 1 is 1.19 bits per heavy atom. The zero-order valence-corrected chi connectivity index (χ0v) is 10.1. The summed E-state index contributed by atoms with van der Waals surface area (Å²) in [5.74, 6) is 0.951. The molecular weight excluding hydrogens is 198 g/mol. The van der Waals surface area contributed by atoms with Crippen molar-refractivity contribution in [3.05, 3.63) is 0 Å². The SMILES string of the molecule is N#CC(CN1CCNCC1)C1CCCCC1. The van der Waals surface area contributed by atoms with Crippen LogP contribution in [0, 0.1) is 23.2 Å². The Kier molecular flexibility index (Phi) is 4.62. The zero-order valence-electron chi connectivity index (χ0n) is 10.1. The monoisotopic (exact) mass is 221 g/mol. The number of nitrogens with one attached hydrogen (secondary N) is 1. The molecule has 0 amide bonds. The van der Waals surface area contributed by atoms with Crippen molar-refractivity contribution in [3.8, 4) is 6.07 Å². The summed E-state index contributed by atoms with van der Waals surface area (Å²) in [6, 6.07) is 2.56. The fourth-order valence-corrected chi connectivity index (χ4v) is 3.00. The molecule has 0 radical (unpaired) electrons. The Hall–Kier alpha value is -0.590. The summed E-state index contributed by atoms with van der Waals surface area (Å²) in [5, 5.41) is 12.7. The third-order valence-corrected chi connectivity index (χ3v) is 4.05. The van der Waals surface area contributed by atoms with E-state index in [0.717, 1.165) is 32.7 Å². The van der Waals surface area contributed by atoms with E-state index >= 15 is 0 Å². The molecular formula is C13H23N3. The van der Waals surface area contributed by atoms with Gasteiger partial charge in [0.1, 0.15) is 0 Å². The maximum Gasteiger partial charge on any atom is 0.0672 e. The third kappa shape index (κ3) is 3.20. The third-order valence-electron chi connectivity index (χ3n) is 4.05. The molecule has 0 bridgehead atoms. The van der Waals surface area contributed by atoms with Crippen molar-refractivity contribution in [2.24, 2.45) is 11.8 Å². The first-order valence-corrected chi connectivity index (χ1v) is 6.73. The van der Waals surface area contributed by atoms with Crippen LogP contribution >= 0.6 is 0 Å². The minimum Gasteiger partial charge on any atom is -0.314 e. The second-order valence-corrected chi connectivity index (χ2v) is 5.18. The van der Waals surface area contributed by atoms with Gasteiger partial charge < -0.3 is 5.32 Å². The van der Waals surface area contributed by atoms with Crippen molar-refractivity contribution in [1.82, 2.24) is 10.2 Å². The van der Waals surface area contributed by atoms with Gasteiger partial charge in [0.2, 0.25) is 0 Å². The maximum atomic E-state index is 9.32. The van der Waals surface area contributed by atoms with Crippen molar-refractivity contribution in [2.45, 2.75) is 32.1 Å². The number of rotatable bonds is 3. The Morgan fingerprint density at radius 3 is 2.50 bits per heavy atom. The topological polar surface area (TPSA) is 39.1 Å². The number of piperazine rings is 1. The van der Waals surface area contributed by atoms with Crippen LogP contribution < -0.4 is 5.32 Å². The van der Waals surface area contributed by atoms with Crippen LogP contribution in [0.5, 0.6) is 0 Å². The van der Waals surface area contributed by atoms with Crippen molar-refractivity contribution < 1.29 is 0 Å². The van der Waals surface area contributed by atoms with Crippen molar-refractivity contribution in [3.63, 3.8) is 0 Å². The van der Waals surface area contributed by atoms with Gasteiger partial charge in [0.15, 0.2) is 0 Å². The zero-order chi connectivity index (χ0) is 11.2. The largest absolute Gasteiger partial charge is 0.314 e. The second-order valence-electron chi connectivity index (χ2n) is 5.18. The first-order chi connectivity index (χ1) is 7.90. The number of hydrogen-bond donors (Lipinski definition) is 1. The second kappa shape index (κ2) is 6.22. The van der Waals surface area contributed by atoms with E-state index in [1.165, 1.54) is 32.1 Å². The van der Waals surface area contributed by atoms with Crippen LogP contribution in [-0.2, 0) is 0 Å². The first-order valence-electron chi connectivity index (χ1n) is 6.73. The lowest BCUT2D eigenvalue weighted by Gasteiger charge is -2.33. The quantitative estimate of drug-likeness (QED) is 0.787. The molecule has 1 saturated carbocycles. The molecule has 2 rings (SSSR count). The summed E-state index contributed by atoms with van der Waals surface area (Å²) in [4.78, 5) is 2.46. The van der Waals surface area contributed by atoms with Crippen LogP contribution in [0.2, 0.25) is 0 Å². The van der Waals surface area contributed by atoms with Gasteiger partial charge in [0, 0.05) is 32.7 Å². The Balaban J connectivity index is 1.81. The van der Waals surface area contributed by atoms with Crippen molar-refractivity contribution in [1.29, 1.82) is 5.26 Å². The predicted molar refractivity (Wildman–Crippen MR) is 65.0 cm³/mol. The number of hydrogen-bond acceptors (Lipinski definition) is 3. The van der Waals surface area contributed by atoms with Crippen molar-refractivity contribution in [2.75, 3.05) is 32.7 Å². The number of nitrogens with zero attached hydrogens (tertiary/aromatic N) is 2. The molecule has 16 heavy (non-hydrogen) atoms. The normalized spacial score (nSPS) is 26.2. The summed E-state index contributed by atoms with van der Waals surface area (Å²) in [5.41, 5.74) is 0. The molecule has 2 fully saturated rings. The van der Waals surface area contributed by atoms with E-state index in [9.17, 15) is 5.26 Å². The van der Waals surface area contributed by atoms with Crippen LogP contribution in [-0.4, -0.2) is 37.6 Å². The van der Waals surface area contributed by atoms with E-state index in [1.54, 1.807) is 0 Å². The highest BCUT2D eigenvalue weighted by atomic mass is 15.2. The van der Waals surface area contributed by atoms with Gasteiger partial charge >= 0.3 is 0 Å². The summed E-state index contributed by atoms with van der Waals surface area (Å²) in [6.07, 6.45) is 6.62. The van der Waals surface area contributed by atoms with Gasteiger partial charge in [-0.2, -0.15) is 5.26 Å². The molecule has 3 nitrogen and oxygen atoms in total. The standard InChI is InChI=1S/C13H23N3/c14-10-13(12-4-2-1-3-5-12)11-16-8-6-15-7-9-16/h12-13,15H,1-9,11H2. The molecule has 2 aliphatic rings. The van der Waals surface area contributed by atoms with E-state index < -0.39 is 0 Å². The molecule has 1 heterocycles. The molecule has 1 unspecified atom stereocenters. The van der Waals surface area contributed by atoms with Gasteiger partial charge in [0.05, 0.1) is 12.0 Å². The molecule has 1 aliphatic heterocycles. The van der Waals surface area contributed by atoms with Gasteiger partial charge in [-0.25, -0.2) is 0 Å². The molecule has 0 spiro atoms. The van der Waals surface area contributed by atoms with Crippen LogP contribution in [0.4, 0.5) is 0 Å². The minimum atomic E-state index is 0.276. The van der Waals surface area contributed by atoms with Gasteiger partial charge in [-0.3, -0.25) is 4.90 Å². The molecule has 3 heteroatoms. The van der Waals surface area contributed by atoms with E-state index in [-0.39, 0.29) is 5.92 Å². The van der Waals surface area contributed by atoms with Crippen LogP contribution in [0.15, 0.2) is 0 Å². The van der Waals surface area contributed by atoms with E-state index in [1.807, 2.05) is 0 Å². The molecule has 1 aliphatic carbocycles. The molecule has 0 aromatic carbocycles. The highest BCUT2D eigenvalue weighted by molar-refractivity contribution is 4.92. The lowest BCUT2D eigenvalue weighted by atomic mass is 9.80. The molecule has 90 valence electrons. The highest BCUT2D eigenvalue weighted by Gasteiger charge is 2.25. The minimum absolute atomic E-state index is 0.276. The molecule has 1 saturated heterocycles. The average Bonchev–Trinajstić information content (AvgIpc) is 2.38. The Morgan fingerprint density at radius 2 is 1.88 bits per heavy atom. The van der Waals surface area contributed by atoms with Gasteiger partial charge in [0.25, 0.3) is 0 Å². The molecule has 0 aromatic heterocycles. The van der Waals surface area contributed by atoms with Crippen LogP contribution in [0.25, 0.3) is 0 Å². The van der Waals surface area contributed by atoms with Crippen molar-refractivity contribution >= 4 is 0 Å². The number of nitriles is 1. The molecule has 0 aromatic rings. The summed E-state index contributed by atoms with van der Waals surface area (Å²) >= 11 is 0. The maximum absolute atomic E-state index is 9.32. The summed E-state index contributed by atoms with van der Waals surface area (Å²) < 4.78 is 0. The fourth-order valence-electron chi connectivity index (χ4n) is 3.00. The summed E-state index contributed by atoms with van der Waals surface area (Å²) in [6.45, 7) is 5.41. The average molecular weight is 221 g/mol. The Labute approximate surface area is 98.8 Å². The fraction of sp³-hybridized carbons (Fsp3) is 0.923. The molecule has 1 atom stereocenters. The van der Waals surface area contributed by atoms with Crippen LogP contribution in [0.3, 0.4) is 0 Å². The van der Waals surface area contributed by atoms with E-state index in [2.05, 4.69) is 16.3 Å². The molecule has 1 N–H and O–H groups in total. The highest BCUT2D eigenvalue weighted by Crippen LogP contribution is 2.30. The predicted octanol–water partition coefficient (Wildman–Crippen LogP) is 1.61. The smallest absolute Gasteiger partial charge is 0.0672 e. The van der Waals surface area contributed by atoms with Crippen LogP contribution in [0.1, 0.15) is 32.1 Å². The van der Waals surface area contributed by atoms with E-state index in [0.29, 0.717) is 5.92 Å². The first kappa shape index (κ1) is 11.9. The Bertz CT molecular complexity index is 234. The van der Waals surface area contributed by atoms with Gasteiger partial charge in [-0.05, 0) is 18.8 Å². The summed E-state index contributed by atoms with van der Waals surface area (Å²) in [7, 11) is 0. The lowest BCUT2D eigenvalue weighted by molar-refractivity contribution is 0.178.